The van der Waals surface area contributed by atoms with Crippen LogP contribution < -0.4 is 0 Å². The molecule has 0 radical (unpaired) electrons. The normalized spacial score (nSPS) is 10.4. The van der Waals surface area contributed by atoms with E-state index in [0.717, 1.165) is 16.7 Å². The topological polar surface area (TPSA) is 72.6 Å². The molecule has 1 amide bonds. The van der Waals surface area contributed by atoms with Gasteiger partial charge in [-0.05, 0) is 18.1 Å². The molecule has 27 heavy (non-hydrogen) atoms. The summed E-state index contributed by atoms with van der Waals surface area (Å²) in [6.45, 7) is 2.06. The Hall–Kier alpha value is -3.41. The highest BCUT2D eigenvalue weighted by Gasteiger charge is 2.23. The maximum Gasteiger partial charge on any atom is 0.325 e. The van der Waals surface area contributed by atoms with Crippen molar-refractivity contribution in [3.05, 3.63) is 77.5 Å². The lowest BCUT2D eigenvalue weighted by atomic mass is 10.1. The molecule has 0 saturated heterocycles. The van der Waals surface area contributed by atoms with E-state index in [0.29, 0.717) is 5.76 Å². The number of aromatic nitrogens is 1. The Labute approximate surface area is 157 Å². The van der Waals surface area contributed by atoms with E-state index in [1.165, 1.54) is 12.0 Å². The van der Waals surface area contributed by atoms with Gasteiger partial charge in [0.05, 0.1) is 7.11 Å². The van der Waals surface area contributed by atoms with Crippen molar-refractivity contribution in [2.75, 3.05) is 13.7 Å². The molecule has 0 bridgehead atoms. The van der Waals surface area contributed by atoms with E-state index in [4.69, 9.17) is 9.26 Å². The highest BCUT2D eigenvalue weighted by molar-refractivity contribution is 5.95. The summed E-state index contributed by atoms with van der Waals surface area (Å²) in [6.07, 6.45) is 0. The number of methoxy groups -OCH3 is 1. The lowest BCUT2D eigenvalue weighted by Crippen LogP contribution is -2.36. The minimum absolute atomic E-state index is 0.145. The maximum atomic E-state index is 13.0. The van der Waals surface area contributed by atoms with Gasteiger partial charge in [0.25, 0.3) is 5.91 Å². The molecule has 0 atom stereocenters. The third-order valence-corrected chi connectivity index (χ3v) is 4.24. The van der Waals surface area contributed by atoms with Crippen LogP contribution in [0.4, 0.5) is 0 Å². The van der Waals surface area contributed by atoms with Gasteiger partial charge in [0.1, 0.15) is 6.54 Å². The van der Waals surface area contributed by atoms with Crippen LogP contribution in [0.25, 0.3) is 11.3 Å². The summed E-state index contributed by atoms with van der Waals surface area (Å²) in [7, 11) is 1.29. The lowest BCUT2D eigenvalue weighted by Gasteiger charge is -2.21. The SMILES string of the molecule is COC(=O)CN(Cc1ccccc1C)C(=O)c1cc(-c2ccccc2)on1. The molecule has 0 fully saturated rings. The molecule has 1 heterocycles. The minimum atomic E-state index is -0.497. The van der Waals surface area contributed by atoms with Crippen LogP contribution in [0, 0.1) is 6.92 Å². The molecule has 2 aromatic carbocycles. The van der Waals surface area contributed by atoms with E-state index in [-0.39, 0.29) is 18.8 Å². The Bertz CT molecular complexity index is 934. The Morgan fingerprint density at radius 3 is 2.48 bits per heavy atom. The molecule has 138 valence electrons. The highest BCUT2D eigenvalue weighted by Crippen LogP contribution is 2.21. The molecular formula is C21H20N2O4. The number of nitrogens with zero attached hydrogens (tertiary/aromatic N) is 2. The van der Waals surface area contributed by atoms with E-state index in [1.54, 1.807) is 6.07 Å². The van der Waals surface area contributed by atoms with Crippen molar-refractivity contribution in [1.29, 1.82) is 0 Å². The Morgan fingerprint density at radius 1 is 1.07 bits per heavy atom. The van der Waals surface area contributed by atoms with Crippen LogP contribution in [0.2, 0.25) is 0 Å². The molecule has 0 aliphatic rings. The summed E-state index contributed by atoms with van der Waals surface area (Å²) < 4.78 is 10.0. The van der Waals surface area contributed by atoms with Crippen molar-refractivity contribution in [2.24, 2.45) is 0 Å². The zero-order valence-electron chi connectivity index (χ0n) is 15.2. The number of hydrogen-bond acceptors (Lipinski definition) is 5. The highest BCUT2D eigenvalue weighted by atomic mass is 16.5. The first-order chi connectivity index (χ1) is 13.1. The summed E-state index contributed by atoms with van der Waals surface area (Å²) in [5.41, 5.74) is 2.95. The molecule has 0 aliphatic carbocycles. The second kappa shape index (κ2) is 8.31. The zero-order chi connectivity index (χ0) is 19.2. The number of carbonyl (C=O) groups is 2. The number of esters is 1. The average molecular weight is 364 g/mol. The van der Waals surface area contributed by atoms with Gasteiger partial charge in [-0.2, -0.15) is 0 Å². The van der Waals surface area contributed by atoms with Gasteiger partial charge in [-0.1, -0.05) is 59.8 Å². The molecule has 3 aromatic rings. The third-order valence-electron chi connectivity index (χ3n) is 4.24. The molecule has 0 spiro atoms. The lowest BCUT2D eigenvalue weighted by molar-refractivity contribution is -0.141. The van der Waals surface area contributed by atoms with Gasteiger partial charge in [-0.25, -0.2) is 0 Å². The van der Waals surface area contributed by atoms with Gasteiger partial charge in [0, 0.05) is 18.2 Å². The molecular weight excluding hydrogens is 344 g/mol. The summed E-state index contributed by atoms with van der Waals surface area (Å²) in [5, 5.41) is 3.89. The third kappa shape index (κ3) is 4.41. The molecule has 0 saturated carbocycles. The number of amides is 1. The van der Waals surface area contributed by atoms with Gasteiger partial charge in [-0.15, -0.1) is 0 Å². The van der Waals surface area contributed by atoms with Gasteiger partial charge in [0.2, 0.25) is 0 Å². The summed E-state index contributed by atoms with van der Waals surface area (Å²) >= 11 is 0. The molecule has 6 heteroatoms. The van der Waals surface area contributed by atoms with Crippen LogP contribution in [0.5, 0.6) is 0 Å². The van der Waals surface area contributed by atoms with Crippen molar-refractivity contribution in [2.45, 2.75) is 13.5 Å². The van der Waals surface area contributed by atoms with Crippen LogP contribution in [-0.2, 0) is 16.1 Å². The van der Waals surface area contributed by atoms with Crippen LogP contribution in [0.1, 0.15) is 21.6 Å². The van der Waals surface area contributed by atoms with Gasteiger partial charge in [0.15, 0.2) is 11.5 Å². The van der Waals surface area contributed by atoms with Gasteiger partial charge >= 0.3 is 5.97 Å². The fraction of sp³-hybridized carbons (Fsp3) is 0.190. The smallest absolute Gasteiger partial charge is 0.325 e. The van der Waals surface area contributed by atoms with Gasteiger partial charge < -0.3 is 14.2 Å². The fourth-order valence-corrected chi connectivity index (χ4v) is 2.69. The predicted octanol–water partition coefficient (Wildman–Crippen LogP) is 3.47. The number of aryl methyl sites for hydroxylation is 1. The number of rotatable bonds is 6. The number of carbonyl (C=O) groups excluding carboxylic acids is 2. The van der Waals surface area contributed by atoms with E-state index < -0.39 is 11.9 Å². The standard InChI is InChI=1S/C21H20N2O4/c1-15-8-6-7-11-17(15)13-23(14-20(24)26-2)21(25)18-12-19(27-22-18)16-9-4-3-5-10-16/h3-12H,13-14H2,1-2H3. The number of benzene rings is 2. The van der Waals surface area contributed by atoms with E-state index in [9.17, 15) is 9.59 Å². The first kappa shape index (κ1) is 18.4. The predicted molar refractivity (Wildman–Crippen MR) is 99.9 cm³/mol. The first-order valence-corrected chi connectivity index (χ1v) is 8.51. The molecule has 0 N–H and O–H groups in total. The zero-order valence-corrected chi connectivity index (χ0v) is 15.2. The molecule has 1 aromatic heterocycles. The Balaban J connectivity index is 1.85. The quantitative estimate of drug-likeness (QED) is 0.626. The van der Waals surface area contributed by atoms with Crippen LogP contribution in [0.15, 0.2) is 65.2 Å². The summed E-state index contributed by atoms with van der Waals surface area (Å²) in [4.78, 5) is 26.2. The fourth-order valence-electron chi connectivity index (χ4n) is 2.69. The first-order valence-electron chi connectivity index (χ1n) is 8.51. The molecule has 0 unspecified atom stereocenters. The maximum absolute atomic E-state index is 13.0. The molecule has 6 nitrogen and oxygen atoms in total. The second-order valence-electron chi connectivity index (χ2n) is 6.11. The Morgan fingerprint density at radius 2 is 1.78 bits per heavy atom. The van der Waals surface area contributed by atoms with Crippen LogP contribution in [-0.4, -0.2) is 35.6 Å². The van der Waals surface area contributed by atoms with Crippen molar-refractivity contribution in [3.8, 4) is 11.3 Å². The molecule has 0 aliphatic heterocycles. The van der Waals surface area contributed by atoms with Crippen molar-refractivity contribution >= 4 is 11.9 Å². The van der Waals surface area contributed by atoms with Crippen molar-refractivity contribution in [1.82, 2.24) is 10.1 Å². The monoisotopic (exact) mass is 364 g/mol. The minimum Gasteiger partial charge on any atom is -0.468 e. The second-order valence-corrected chi connectivity index (χ2v) is 6.11. The van der Waals surface area contributed by atoms with E-state index >= 15 is 0 Å². The van der Waals surface area contributed by atoms with Crippen LogP contribution >= 0.6 is 0 Å². The van der Waals surface area contributed by atoms with E-state index in [2.05, 4.69) is 5.16 Å². The number of hydrogen-bond donors (Lipinski definition) is 0. The summed E-state index contributed by atoms with van der Waals surface area (Å²) in [6, 6.07) is 18.7. The van der Waals surface area contributed by atoms with Crippen LogP contribution in [0.3, 0.4) is 0 Å². The van der Waals surface area contributed by atoms with Gasteiger partial charge in [-0.3, -0.25) is 9.59 Å². The average Bonchev–Trinajstić information content (AvgIpc) is 3.19. The van der Waals surface area contributed by atoms with Crippen molar-refractivity contribution < 1.29 is 18.8 Å². The Kier molecular flexibility index (Phi) is 5.66. The summed E-state index contributed by atoms with van der Waals surface area (Å²) in [5.74, 6) is -0.397. The number of ether oxygens (including phenoxy) is 1. The largest absolute Gasteiger partial charge is 0.468 e. The van der Waals surface area contributed by atoms with E-state index in [1.807, 2.05) is 61.5 Å². The van der Waals surface area contributed by atoms with Crippen molar-refractivity contribution in [3.63, 3.8) is 0 Å². The molecule has 3 rings (SSSR count).